The van der Waals surface area contributed by atoms with Crippen LogP contribution in [0.2, 0.25) is 0 Å². The molecular formula is C15H18ClNO. The summed E-state index contributed by atoms with van der Waals surface area (Å²) in [4.78, 5) is 0. The lowest BCUT2D eigenvalue weighted by atomic mass is 9.65. The SMILES string of the molecule is CC1([C@@](C)(O)c2ccccc2)C=C(Cl)C=CC1N. The van der Waals surface area contributed by atoms with E-state index in [9.17, 15) is 5.11 Å². The average Bonchev–Trinajstić information content (AvgIpc) is 2.35. The molecule has 1 aromatic rings. The molecule has 0 spiro atoms. The van der Waals surface area contributed by atoms with Gasteiger partial charge in [-0.05, 0) is 18.6 Å². The van der Waals surface area contributed by atoms with E-state index in [0.29, 0.717) is 5.03 Å². The molecule has 1 aliphatic carbocycles. The minimum Gasteiger partial charge on any atom is -0.384 e. The lowest BCUT2D eigenvalue weighted by Gasteiger charge is -2.45. The Balaban J connectivity index is 2.49. The van der Waals surface area contributed by atoms with Crippen LogP contribution >= 0.6 is 11.6 Å². The highest BCUT2D eigenvalue weighted by atomic mass is 35.5. The van der Waals surface area contributed by atoms with E-state index in [4.69, 9.17) is 17.3 Å². The van der Waals surface area contributed by atoms with Crippen molar-refractivity contribution in [3.63, 3.8) is 0 Å². The summed E-state index contributed by atoms with van der Waals surface area (Å²) in [6.07, 6.45) is 5.45. The quantitative estimate of drug-likeness (QED) is 0.862. The predicted molar refractivity (Wildman–Crippen MR) is 75.2 cm³/mol. The first-order valence-electron chi connectivity index (χ1n) is 5.98. The Labute approximate surface area is 113 Å². The van der Waals surface area contributed by atoms with Crippen molar-refractivity contribution in [2.75, 3.05) is 0 Å². The normalized spacial score (nSPS) is 30.7. The molecule has 3 heteroatoms. The summed E-state index contributed by atoms with van der Waals surface area (Å²) in [5.41, 5.74) is 5.26. The maximum Gasteiger partial charge on any atom is 0.0974 e. The first-order valence-corrected chi connectivity index (χ1v) is 6.36. The maximum atomic E-state index is 10.9. The van der Waals surface area contributed by atoms with Gasteiger partial charge in [-0.1, -0.05) is 61.0 Å². The van der Waals surface area contributed by atoms with Gasteiger partial charge in [0.25, 0.3) is 0 Å². The molecule has 18 heavy (non-hydrogen) atoms. The fraction of sp³-hybridized carbons (Fsp3) is 0.333. The van der Waals surface area contributed by atoms with Crippen LogP contribution in [-0.4, -0.2) is 11.1 Å². The van der Waals surface area contributed by atoms with Crippen LogP contribution in [0.25, 0.3) is 0 Å². The number of halogens is 1. The minimum atomic E-state index is -1.08. The van der Waals surface area contributed by atoms with E-state index < -0.39 is 11.0 Å². The lowest BCUT2D eigenvalue weighted by molar-refractivity contribution is -0.0470. The smallest absolute Gasteiger partial charge is 0.0974 e. The molecule has 2 nitrogen and oxygen atoms in total. The number of rotatable bonds is 2. The zero-order valence-electron chi connectivity index (χ0n) is 10.6. The summed E-state index contributed by atoms with van der Waals surface area (Å²) < 4.78 is 0. The maximum absolute atomic E-state index is 10.9. The van der Waals surface area contributed by atoms with Crippen LogP contribution in [0.4, 0.5) is 0 Å². The summed E-state index contributed by atoms with van der Waals surface area (Å²) in [6.45, 7) is 3.71. The van der Waals surface area contributed by atoms with Crippen LogP contribution in [-0.2, 0) is 5.60 Å². The zero-order chi connectivity index (χ0) is 13.4. The molecule has 0 bridgehead atoms. The van der Waals surface area contributed by atoms with Crippen LogP contribution in [0.5, 0.6) is 0 Å². The van der Waals surface area contributed by atoms with E-state index in [1.807, 2.05) is 49.4 Å². The van der Waals surface area contributed by atoms with Gasteiger partial charge >= 0.3 is 0 Å². The van der Waals surface area contributed by atoms with Gasteiger partial charge in [-0.15, -0.1) is 0 Å². The second-order valence-corrected chi connectivity index (χ2v) is 5.57. The molecule has 3 atom stereocenters. The Kier molecular flexibility index (Phi) is 3.37. The van der Waals surface area contributed by atoms with Crippen molar-refractivity contribution in [1.82, 2.24) is 0 Å². The van der Waals surface area contributed by atoms with Gasteiger partial charge in [-0.3, -0.25) is 0 Å². The summed E-state index contributed by atoms with van der Waals surface area (Å²) in [5, 5.41) is 11.5. The molecule has 0 saturated heterocycles. The first kappa shape index (κ1) is 13.3. The number of aliphatic hydroxyl groups is 1. The molecule has 3 N–H and O–H groups in total. The zero-order valence-corrected chi connectivity index (χ0v) is 11.4. The van der Waals surface area contributed by atoms with Crippen molar-refractivity contribution in [1.29, 1.82) is 0 Å². The molecule has 0 heterocycles. The number of hydrogen-bond acceptors (Lipinski definition) is 2. The van der Waals surface area contributed by atoms with E-state index in [0.717, 1.165) is 5.56 Å². The third-order valence-corrected chi connectivity index (χ3v) is 4.21. The Bertz CT molecular complexity index is 492. The molecule has 0 aromatic heterocycles. The highest BCUT2D eigenvalue weighted by Gasteiger charge is 2.47. The Morgan fingerprint density at radius 1 is 1.33 bits per heavy atom. The summed E-state index contributed by atoms with van der Waals surface area (Å²) >= 11 is 6.07. The molecular weight excluding hydrogens is 246 g/mol. The Morgan fingerprint density at radius 2 is 1.94 bits per heavy atom. The van der Waals surface area contributed by atoms with E-state index >= 15 is 0 Å². The van der Waals surface area contributed by atoms with Crippen LogP contribution in [0, 0.1) is 5.41 Å². The minimum absolute atomic E-state index is 0.282. The van der Waals surface area contributed by atoms with Gasteiger partial charge in [0.05, 0.1) is 5.60 Å². The molecule has 0 saturated carbocycles. The van der Waals surface area contributed by atoms with Crippen molar-refractivity contribution in [2.24, 2.45) is 11.1 Å². The summed E-state index contributed by atoms with van der Waals surface area (Å²) in [6, 6.07) is 9.25. The molecule has 1 aliphatic rings. The van der Waals surface area contributed by atoms with Gasteiger partial charge in [0, 0.05) is 16.5 Å². The summed E-state index contributed by atoms with van der Waals surface area (Å²) in [7, 11) is 0. The van der Waals surface area contributed by atoms with Crippen molar-refractivity contribution in [2.45, 2.75) is 25.5 Å². The number of benzene rings is 1. The fourth-order valence-electron chi connectivity index (χ4n) is 2.37. The van der Waals surface area contributed by atoms with E-state index in [1.54, 1.807) is 13.0 Å². The number of nitrogens with two attached hydrogens (primary N) is 1. The second kappa shape index (κ2) is 4.54. The summed E-state index contributed by atoms with van der Waals surface area (Å²) in [5.74, 6) is 0. The standard InChI is InChI=1S/C15H18ClNO/c1-14(10-12(16)8-9-13(14)17)15(2,18)11-6-4-3-5-7-11/h3-10,13,18H,17H2,1-2H3/t13?,14?,15-/m0/s1. The van der Waals surface area contributed by atoms with Gasteiger partial charge in [0.15, 0.2) is 0 Å². The number of allylic oxidation sites excluding steroid dienone is 2. The fourth-order valence-corrected chi connectivity index (χ4v) is 2.66. The average molecular weight is 264 g/mol. The van der Waals surface area contributed by atoms with Crippen LogP contribution in [0.3, 0.4) is 0 Å². The van der Waals surface area contributed by atoms with Crippen molar-refractivity contribution < 1.29 is 5.11 Å². The lowest BCUT2D eigenvalue weighted by Crippen LogP contribution is -2.52. The van der Waals surface area contributed by atoms with E-state index in [-0.39, 0.29) is 6.04 Å². The highest BCUT2D eigenvalue weighted by molar-refractivity contribution is 6.31. The van der Waals surface area contributed by atoms with Crippen LogP contribution in [0.1, 0.15) is 19.4 Å². The Hall–Kier alpha value is -1.09. The topological polar surface area (TPSA) is 46.2 Å². The third kappa shape index (κ3) is 2.01. The molecule has 96 valence electrons. The van der Waals surface area contributed by atoms with Gasteiger partial charge < -0.3 is 10.8 Å². The second-order valence-electron chi connectivity index (χ2n) is 5.14. The van der Waals surface area contributed by atoms with Gasteiger partial charge in [-0.2, -0.15) is 0 Å². The molecule has 2 rings (SSSR count). The third-order valence-electron chi connectivity index (χ3n) is 3.98. The van der Waals surface area contributed by atoms with Crippen molar-refractivity contribution in [3.8, 4) is 0 Å². The van der Waals surface area contributed by atoms with Crippen LogP contribution < -0.4 is 5.73 Å². The van der Waals surface area contributed by atoms with Crippen molar-refractivity contribution in [3.05, 3.63) is 59.2 Å². The molecule has 0 fully saturated rings. The molecule has 1 aromatic carbocycles. The first-order chi connectivity index (χ1) is 8.38. The predicted octanol–water partition coefficient (Wildman–Crippen LogP) is 2.92. The number of hydrogen-bond donors (Lipinski definition) is 2. The highest BCUT2D eigenvalue weighted by Crippen LogP contribution is 2.45. The van der Waals surface area contributed by atoms with Gasteiger partial charge in [0.1, 0.15) is 0 Å². The molecule has 2 unspecified atom stereocenters. The van der Waals surface area contributed by atoms with Crippen LogP contribution in [0.15, 0.2) is 53.6 Å². The monoisotopic (exact) mass is 263 g/mol. The van der Waals surface area contributed by atoms with Gasteiger partial charge in [0.2, 0.25) is 0 Å². The molecule has 0 amide bonds. The van der Waals surface area contributed by atoms with E-state index in [1.165, 1.54) is 0 Å². The molecule has 0 aliphatic heterocycles. The largest absolute Gasteiger partial charge is 0.384 e. The van der Waals surface area contributed by atoms with Gasteiger partial charge in [-0.25, -0.2) is 0 Å². The van der Waals surface area contributed by atoms with E-state index in [2.05, 4.69) is 0 Å². The van der Waals surface area contributed by atoms with Crippen molar-refractivity contribution >= 4 is 11.6 Å². The molecule has 0 radical (unpaired) electrons. The Morgan fingerprint density at radius 3 is 2.56 bits per heavy atom.